The van der Waals surface area contributed by atoms with Crippen LogP contribution in [0.25, 0.3) is 0 Å². The molecule has 1 amide bonds. The summed E-state index contributed by atoms with van der Waals surface area (Å²) in [5.41, 5.74) is 0. The van der Waals surface area contributed by atoms with E-state index in [2.05, 4.69) is 5.32 Å². The molecule has 9 heteroatoms. The highest BCUT2D eigenvalue weighted by Gasteiger charge is 2.29. The van der Waals surface area contributed by atoms with Crippen molar-refractivity contribution in [3.63, 3.8) is 0 Å². The molecule has 0 spiro atoms. The van der Waals surface area contributed by atoms with Crippen molar-refractivity contribution in [1.82, 2.24) is 14.5 Å². The zero-order chi connectivity index (χ0) is 18.6. The number of halogens is 2. The van der Waals surface area contributed by atoms with E-state index in [-0.39, 0.29) is 33.4 Å². The number of carbonyl (C=O) groups excluding carboxylic acids is 1. The molecule has 0 radical (unpaired) electrons. The molecular weight excluding hydrogens is 385 g/mol. The van der Waals surface area contributed by atoms with Crippen LogP contribution in [0, 0.1) is 0 Å². The van der Waals surface area contributed by atoms with Crippen LogP contribution >= 0.6 is 23.2 Å². The summed E-state index contributed by atoms with van der Waals surface area (Å²) in [6.45, 7) is 5.89. The molecule has 1 saturated heterocycles. The summed E-state index contributed by atoms with van der Waals surface area (Å²) < 4.78 is 26.8. The Morgan fingerprint density at radius 3 is 2.24 bits per heavy atom. The van der Waals surface area contributed by atoms with Crippen LogP contribution in [-0.2, 0) is 14.8 Å². The van der Waals surface area contributed by atoms with E-state index in [1.165, 1.54) is 22.5 Å². The molecule has 0 aromatic heterocycles. The average molecular weight is 408 g/mol. The van der Waals surface area contributed by atoms with Crippen LogP contribution in [0.3, 0.4) is 0 Å². The molecule has 0 bridgehead atoms. The summed E-state index contributed by atoms with van der Waals surface area (Å²) in [4.78, 5) is 14.0. The first kappa shape index (κ1) is 20.5. The summed E-state index contributed by atoms with van der Waals surface area (Å²) in [6, 6.07) is 4.43. The van der Waals surface area contributed by atoms with Crippen molar-refractivity contribution in [2.45, 2.75) is 31.2 Å². The lowest BCUT2D eigenvalue weighted by Crippen LogP contribution is -2.51. The lowest BCUT2D eigenvalue weighted by Gasteiger charge is -2.33. The van der Waals surface area contributed by atoms with Crippen LogP contribution in [-0.4, -0.2) is 62.3 Å². The Morgan fingerprint density at radius 1 is 1.16 bits per heavy atom. The fraction of sp³-hybridized carbons (Fsp3) is 0.562. The second-order valence-electron chi connectivity index (χ2n) is 6.16. The number of piperazine rings is 1. The fourth-order valence-electron chi connectivity index (χ4n) is 2.58. The van der Waals surface area contributed by atoms with Gasteiger partial charge in [0.2, 0.25) is 15.9 Å². The van der Waals surface area contributed by atoms with Crippen LogP contribution in [0.4, 0.5) is 0 Å². The Balaban J connectivity index is 1.96. The maximum atomic E-state index is 12.7. The summed E-state index contributed by atoms with van der Waals surface area (Å²) in [6.07, 6.45) is 0.875. The topological polar surface area (TPSA) is 69.7 Å². The van der Waals surface area contributed by atoms with Gasteiger partial charge in [-0.1, -0.05) is 30.1 Å². The number of nitrogens with zero attached hydrogens (tertiary/aromatic N) is 2. The SMILES string of the molecule is CCC(C)NC(=O)CN1CCN(S(=O)(=O)c2cc(Cl)cc(Cl)c2)CC1. The van der Waals surface area contributed by atoms with E-state index in [1.807, 2.05) is 18.7 Å². The quantitative estimate of drug-likeness (QED) is 0.784. The first-order valence-electron chi connectivity index (χ1n) is 8.20. The van der Waals surface area contributed by atoms with E-state index < -0.39 is 10.0 Å². The minimum Gasteiger partial charge on any atom is -0.353 e. The normalized spacial score (nSPS) is 18.1. The Bertz CT molecular complexity index is 699. The first-order chi connectivity index (χ1) is 11.7. The van der Waals surface area contributed by atoms with Gasteiger partial charge in [0.05, 0.1) is 11.4 Å². The predicted octanol–water partition coefficient (Wildman–Crippen LogP) is 2.21. The number of hydrogen-bond donors (Lipinski definition) is 1. The van der Waals surface area contributed by atoms with Gasteiger partial charge in [0.25, 0.3) is 0 Å². The van der Waals surface area contributed by atoms with Crippen molar-refractivity contribution >= 4 is 39.1 Å². The van der Waals surface area contributed by atoms with Crippen molar-refractivity contribution < 1.29 is 13.2 Å². The van der Waals surface area contributed by atoms with E-state index >= 15 is 0 Å². The average Bonchev–Trinajstić information content (AvgIpc) is 2.54. The molecule has 0 aliphatic carbocycles. The number of nitrogens with one attached hydrogen (secondary N) is 1. The van der Waals surface area contributed by atoms with Crippen molar-refractivity contribution in [1.29, 1.82) is 0 Å². The van der Waals surface area contributed by atoms with Gasteiger partial charge in [-0.05, 0) is 31.5 Å². The van der Waals surface area contributed by atoms with Gasteiger partial charge in [-0.2, -0.15) is 4.31 Å². The van der Waals surface area contributed by atoms with Crippen LogP contribution in [0.15, 0.2) is 23.1 Å². The number of hydrogen-bond acceptors (Lipinski definition) is 4. The molecule has 1 aliphatic heterocycles. The molecule has 0 saturated carbocycles. The monoisotopic (exact) mass is 407 g/mol. The van der Waals surface area contributed by atoms with Crippen molar-refractivity contribution in [2.75, 3.05) is 32.7 Å². The largest absolute Gasteiger partial charge is 0.353 e. The van der Waals surface area contributed by atoms with Gasteiger partial charge < -0.3 is 5.32 Å². The van der Waals surface area contributed by atoms with Gasteiger partial charge in [-0.25, -0.2) is 8.42 Å². The van der Waals surface area contributed by atoms with E-state index in [1.54, 1.807) is 0 Å². The second kappa shape index (κ2) is 8.68. The molecular formula is C16H23Cl2N3O3S. The number of amides is 1. The maximum absolute atomic E-state index is 12.7. The maximum Gasteiger partial charge on any atom is 0.243 e. The second-order valence-corrected chi connectivity index (χ2v) is 8.97. The van der Waals surface area contributed by atoms with Crippen molar-refractivity contribution in [3.05, 3.63) is 28.2 Å². The molecule has 1 unspecified atom stereocenters. The molecule has 1 atom stereocenters. The molecule has 1 N–H and O–H groups in total. The Kier molecular flexibility index (Phi) is 7.10. The van der Waals surface area contributed by atoms with Crippen LogP contribution in [0.1, 0.15) is 20.3 Å². The summed E-state index contributed by atoms with van der Waals surface area (Å²) in [5.74, 6) is -0.0349. The number of carbonyl (C=O) groups is 1. The first-order valence-corrected chi connectivity index (χ1v) is 10.4. The third-order valence-corrected chi connectivity index (χ3v) is 6.50. The summed E-state index contributed by atoms with van der Waals surface area (Å²) in [7, 11) is -3.64. The van der Waals surface area contributed by atoms with Crippen LogP contribution in [0.5, 0.6) is 0 Å². The van der Waals surface area contributed by atoms with Crippen LogP contribution in [0.2, 0.25) is 10.0 Å². The van der Waals surface area contributed by atoms with Gasteiger partial charge >= 0.3 is 0 Å². The van der Waals surface area contributed by atoms with Crippen molar-refractivity contribution in [2.24, 2.45) is 0 Å². The standard InChI is InChI=1S/C16H23Cl2N3O3S/c1-3-12(2)19-16(22)11-20-4-6-21(7-5-20)25(23,24)15-9-13(17)8-14(18)10-15/h8-10,12H,3-7,11H2,1-2H3,(H,19,22). The van der Waals surface area contributed by atoms with Gasteiger partial charge in [-0.15, -0.1) is 0 Å². The number of rotatable bonds is 6. The Labute approximate surface area is 159 Å². The smallest absolute Gasteiger partial charge is 0.243 e. The molecule has 2 rings (SSSR count). The van der Waals surface area contributed by atoms with E-state index in [0.29, 0.717) is 26.2 Å². The highest BCUT2D eigenvalue weighted by atomic mass is 35.5. The third kappa shape index (κ3) is 5.56. The lowest BCUT2D eigenvalue weighted by atomic mass is 10.2. The molecule has 6 nitrogen and oxygen atoms in total. The number of benzene rings is 1. The van der Waals surface area contributed by atoms with Gasteiger partial charge in [-0.3, -0.25) is 9.69 Å². The highest BCUT2D eigenvalue weighted by molar-refractivity contribution is 7.89. The minimum absolute atomic E-state index is 0.0349. The van der Waals surface area contributed by atoms with Gasteiger partial charge in [0.15, 0.2) is 0 Å². The fourth-order valence-corrected chi connectivity index (χ4v) is 4.73. The molecule has 1 fully saturated rings. The summed E-state index contributed by atoms with van der Waals surface area (Å²) >= 11 is 11.8. The molecule has 1 heterocycles. The van der Waals surface area contributed by atoms with E-state index in [9.17, 15) is 13.2 Å². The molecule has 1 aromatic rings. The summed E-state index contributed by atoms with van der Waals surface area (Å²) in [5, 5.41) is 3.48. The van der Waals surface area contributed by atoms with Crippen molar-refractivity contribution in [3.8, 4) is 0 Å². The zero-order valence-corrected chi connectivity index (χ0v) is 16.7. The molecule has 25 heavy (non-hydrogen) atoms. The van der Waals surface area contributed by atoms with E-state index in [0.717, 1.165) is 6.42 Å². The molecule has 1 aliphatic rings. The minimum atomic E-state index is -3.64. The predicted molar refractivity (Wildman–Crippen MR) is 99.6 cm³/mol. The molecule has 140 valence electrons. The third-order valence-electron chi connectivity index (χ3n) is 4.19. The van der Waals surface area contributed by atoms with Gasteiger partial charge in [0, 0.05) is 42.3 Å². The highest BCUT2D eigenvalue weighted by Crippen LogP contribution is 2.25. The van der Waals surface area contributed by atoms with Crippen LogP contribution < -0.4 is 5.32 Å². The number of sulfonamides is 1. The van der Waals surface area contributed by atoms with E-state index in [4.69, 9.17) is 23.2 Å². The Morgan fingerprint density at radius 2 is 1.72 bits per heavy atom. The molecule has 1 aromatic carbocycles. The Hall–Kier alpha value is -0.860. The van der Waals surface area contributed by atoms with Gasteiger partial charge in [0.1, 0.15) is 0 Å². The lowest BCUT2D eigenvalue weighted by molar-refractivity contribution is -0.123. The zero-order valence-electron chi connectivity index (χ0n) is 14.3.